The number of ether oxygens (including phenoxy) is 2. The minimum absolute atomic E-state index is 0.0844. The van der Waals surface area contributed by atoms with E-state index in [9.17, 15) is 4.79 Å². The van der Waals surface area contributed by atoms with Gasteiger partial charge in [0.2, 0.25) is 0 Å². The fourth-order valence-corrected chi connectivity index (χ4v) is 4.49. The van der Waals surface area contributed by atoms with Crippen LogP contribution >= 0.6 is 0 Å². The van der Waals surface area contributed by atoms with Crippen molar-refractivity contribution in [3.8, 4) is 11.5 Å². The highest BCUT2D eigenvalue weighted by atomic mass is 16.5. The lowest BCUT2D eigenvalue weighted by atomic mass is 10.1. The molecule has 6 heteroatoms. The van der Waals surface area contributed by atoms with Gasteiger partial charge in [0, 0.05) is 12.1 Å². The molecule has 1 amide bonds. The van der Waals surface area contributed by atoms with Crippen LogP contribution in [0.4, 0.5) is 0 Å². The Morgan fingerprint density at radius 3 is 2.65 bits per heavy atom. The maximum absolute atomic E-state index is 12.8. The van der Waals surface area contributed by atoms with E-state index in [1.807, 2.05) is 87.5 Å². The quantitative estimate of drug-likeness (QED) is 0.241. The molecule has 0 fully saturated rings. The number of hydrogen-bond acceptors (Lipinski definition) is 4. The summed E-state index contributed by atoms with van der Waals surface area (Å²) in [7, 11) is 1.66. The number of carbonyl (C=O) groups excluding carboxylic acids is 1. The molecule has 0 aliphatic carbocycles. The smallest absolute Gasteiger partial charge is 0.251 e. The number of aryl methyl sites for hydroxylation is 3. The van der Waals surface area contributed by atoms with Gasteiger partial charge in [-0.2, -0.15) is 0 Å². The third-order valence-electron chi connectivity index (χ3n) is 6.35. The van der Waals surface area contributed by atoms with Gasteiger partial charge < -0.3 is 19.4 Å². The molecule has 4 aromatic rings. The van der Waals surface area contributed by atoms with Crippen LogP contribution < -0.4 is 14.8 Å². The molecule has 0 aliphatic heterocycles. The average Bonchev–Trinajstić information content (AvgIpc) is 3.25. The summed E-state index contributed by atoms with van der Waals surface area (Å²) in [5, 5.41) is 3.06. The van der Waals surface area contributed by atoms with Crippen LogP contribution in [0, 0.1) is 13.8 Å². The minimum atomic E-state index is -0.0844. The number of aromatic nitrogens is 2. The highest BCUT2D eigenvalue weighted by Crippen LogP contribution is 2.29. The van der Waals surface area contributed by atoms with Crippen molar-refractivity contribution in [2.75, 3.05) is 13.7 Å². The predicted molar refractivity (Wildman–Crippen MR) is 149 cm³/mol. The maximum atomic E-state index is 12.8. The Morgan fingerprint density at radius 1 is 1.03 bits per heavy atom. The second-order valence-electron chi connectivity index (χ2n) is 9.14. The van der Waals surface area contributed by atoms with E-state index >= 15 is 0 Å². The van der Waals surface area contributed by atoms with E-state index in [-0.39, 0.29) is 5.91 Å². The van der Waals surface area contributed by atoms with Crippen molar-refractivity contribution in [1.82, 2.24) is 14.9 Å². The second-order valence-corrected chi connectivity index (χ2v) is 9.14. The molecule has 0 bridgehead atoms. The van der Waals surface area contributed by atoms with Crippen LogP contribution in [-0.2, 0) is 13.1 Å². The molecule has 3 aromatic carbocycles. The van der Waals surface area contributed by atoms with Gasteiger partial charge in [0.05, 0.1) is 31.3 Å². The first kappa shape index (κ1) is 26.0. The number of allylic oxidation sites excluding steroid dienone is 1. The zero-order valence-electron chi connectivity index (χ0n) is 22.1. The molecule has 192 valence electrons. The Balaban J connectivity index is 1.38. The Kier molecular flexibility index (Phi) is 8.62. The van der Waals surface area contributed by atoms with E-state index in [4.69, 9.17) is 14.5 Å². The highest BCUT2D eigenvalue weighted by molar-refractivity contribution is 5.95. The summed E-state index contributed by atoms with van der Waals surface area (Å²) in [6.07, 6.45) is 5.82. The molecule has 0 aliphatic rings. The van der Waals surface area contributed by atoms with Gasteiger partial charge in [-0.25, -0.2) is 4.98 Å². The first-order valence-electron chi connectivity index (χ1n) is 12.7. The number of benzene rings is 3. The number of nitrogens with zero attached hydrogens (tertiary/aromatic N) is 2. The molecule has 4 rings (SSSR count). The van der Waals surface area contributed by atoms with Gasteiger partial charge in [-0.15, -0.1) is 0 Å². The third kappa shape index (κ3) is 6.39. The van der Waals surface area contributed by atoms with Gasteiger partial charge in [0.15, 0.2) is 11.5 Å². The zero-order chi connectivity index (χ0) is 26.2. The molecule has 0 atom stereocenters. The molecule has 1 N–H and O–H groups in total. The number of hydrogen-bond donors (Lipinski definition) is 1. The fraction of sp³-hybridized carbons (Fsp3) is 0.290. The van der Waals surface area contributed by atoms with Gasteiger partial charge in [-0.1, -0.05) is 48.0 Å². The lowest BCUT2D eigenvalue weighted by molar-refractivity contribution is 0.0949. The number of amides is 1. The Morgan fingerprint density at radius 2 is 1.86 bits per heavy atom. The van der Waals surface area contributed by atoms with Crippen molar-refractivity contribution in [1.29, 1.82) is 0 Å². The van der Waals surface area contributed by atoms with Crippen molar-refractivity contribution >= 4 is 23.0 Å². The summed E-state index contributed by atoms with van der Waals surface area (Å²) in [5.74, 6) is 2.25. The highest BCUT2D eigenvalue weighted by Gasteiger charge is 2.14. The van der Waals surface area contributed by atoms with Crippen molar-refractivity contribution in [2.24, 2.45) is 0 Å². The molecule has 1 aromatic heterocycles. The van der Waals surface area contributed by atoms with Crippen LogP contribution in [0.5, 0.6) is 11.5 Å². The number of nitrogens with one attached hydrogen (secondary N) is 1. The molecule has 0 saturated carbocycles. The van der Waals surface area contributed by atoms with Gasteiger partial charge in [0.25, 0.3) is 5.91 Å². The number of fused-ring (bicyclic) bond motifs is 1. The van der Waals surface area contributed by atoms with E-state index in [1.165, 1.54) is 0 Å². The Hall–Kier alpha value is -4.06. The standard InChI is InChI=1S/C31H35N3O3/c1-5-10-24-14-16-28(29(20-24)36-4)37-18-9-8-17-34-27-12-7-6-11-26(27)33-30(34)21-32-31(35)25-15-13-22(2)19-23(25)3/h5-7,10-16,19-20H,8-9,17-18,21H2,1-4H3,(H,32,35)/b10-5+. The molecule has 0 saturated heterocycles. The van der Waals surface area contributed by atoms with E-state index in [1.54, 1.807) is 7.11 Å². The minimum Gasteiger partial charge on any atom is -0.493 e. The summed E-state index contributed by atoms with van der Waals surface area (Å²) >= 11 is 0. The third-order valence-corrected chi connectivity index (χ3v) is 6.35. The van der Waals surface area contributed by atoms with E-state index < -0.39 is 0 Å². The van der Waals surface area contributed by atoms with Crippen molar-refractivity contribution in [3.05, 3.63) is 94.8 Å². The molecule has 1 heterocycles. The van der Waals surface area contributed by atoms with Crippen molar-refractivity contribution in [3.63, 3.8) is 0 Å². The molecule has 0 radical (unpaired) electrons. The van der Waals surface area contributed by atoms with Gasteiger partial charge >= 0.3 is 0 Å². The largest absolute Gasteiger partial charge is 0.493 e. The topological polar surface area (TPSA) is 65.4 Å². The maximum Gasteiger partial charge on any atom is 0.251 e. The number of para-hydroxylation sites is 2. The number of unbranched alkanes of at least 4 members (excludes halogenated alkanes) is 1. The summed E-state index contributed by atoms with van der Waals surface area (Å²) in [4.78, 5) is 17.6. The fourth-order valence-electron chi connectivity index (χ4n) is 4.49. The monoisotopic (exact) mass is 497 g/mol. The zero-order valence-corrected chi connectivity index (χ0v) is 22.1. The molecule has 37 heavy (non-hydrogen) atoms. The first-order chi connectivity index (χ1) is 18.0. The van der Waals surface area contributed by atoms with E-state index in [2.05, 4.69) is 16.0 Å². The summed E-state index contributed by atoms with van der Waals surface area (Å²) in [5.41, 5.74) is 5.89. The number of imidazole rings is 1. The van der Waals surface area contributed by atoms with Crippen LogP contribution in [0.15, 0.2) is 66.7 Å². The van der Waals surface area contributed by atoms with Gasteiger partial charge in [-0.3, -0.25) is 4.79 Å². The summed E-state index contributed by atoms with van der Waals surface area (Å²) in [6, 6.07) is 19.9. The van der Waals surface area contributed by atoms with Crippen LogP contribution in [0.2, 0.25) is 0 Å². The molecule has 0 unspecified atom stereocenters. The summed E-state index contributed by atoms with van der Waals surface area (Å²) in [6.45, 7) is 7.73. The lowest BCUT2D eigenvalue weighted by Crippen LogP contribution is -2.25. The average molecular weight is 498 g/mol. The number of rotatable bonds is 11. The van der Waals surface area contributed by atoms with Crippen molar-refractivity contribution < 1.29 is 14.3 Å². The van der Waals surface area contributed by atoms with Crippen molar-refractivity contribution in [2.45, 2.75) is 46.7 Å². The van der Waals surface area contributed by atoms with Crippen LogP contribution in [0.25, 0.3) is 17.1 Å². The normalized spacial score (nSPS) is 11.2. The van der Waals surface area contributed by atoms with Crippen LogP contribution in [0.3, 0.4) is 0 Å². The molecular formula is C31H35N3O3. The number of carbonyl (C=O) groups is 1. The van der Waals surface area contributed by atoms with Crippen LogP contribution in [0.1, 0.15) is 52.6 Å². The SMILES string of the molecule is C/C=C/c1ccc(OCCCCn2c(CNC(=O)c3ccc(C)cc3C)nc3ccccc32)c(OC)c1. The van der Waals surface area contributed by atoms with E-state index in [0.717, 1.165) is 64.4 Å². The van der Waals surface area contributed by atoms with E-state index in [0.29, 0.717) is 18.7 Å². The van der Waals surface area contributed by atoms with Gasteiger partial charge in [0.1, 0.15) is 5.82 Å². The second kappa shape index (κ2) is 12.3. The lowest BCUT2D eigenvalue weighted by Gasteiger charge is -2.13. The Bertz CT molecular complexity index is 1400. The molecule has 6 nitrogen and oxygen atoms in total. The Labute approximate surface area is 218 Å². The first-order valence-corrected chi connectivity index (χ1v) is 12.7. The number of methoxy groups -OCH3 is 1. The summed E-state index contributed by atoms with van der Waals surface area (Å²) < 4.78 is 13.7. The van der Waals surface area contributed by atoms with Crippen LogP contribution in [-0.4, -0.2) is 29.2 Å². The molecule has 0 spiro atoms. The molecular weight excluding hydrogens is 462 g/mol. The van der Waals surface area contributed by atoms with Gasteiger partial charge in [-0.05, 0) is 75.1 Å². The predicted octanol–water partition coefficient (Wildman–Crippen LogP) is 6.48.